The first kappa shape index (κ1) is 22.1. The Hall–Kier alpha value is -4.06. The number of hydrogen-bond donors (Lipinski definition) is 1. The molecule has 168 valence electrons. The van der Waals surface area contributed by atoms with E-state index in [1.54, 1.807) is 36.4 Å². The fraction of sp³-hybridized carbons (Fsp3) is 0.185. The van der Waals surface area contributed by atoms with Crippen LogP contribution in [0.5, 0.6) is 11.5 Å². The van der Waals surface area contributed by atoms with Crippen LogP contribution in [0.4, 0.5) is 11.4 Å². The number of amides is 2. The molecule has 0 saturated carbocycles. The fourth-order valence-corrected chi connectivity index (χ4v) is 3.61. The molecule has 0 aliphatic carbocycles. The third kappa shape index (κ3) is 4.75. The van der Waals surface area contributed by atoms with Gasteiger partial charge in [-0.1, -0.05) is 37.3 Å². The van der Waals surface area contributed by atoms with E-state index in [2.05, 4.69) is 5.32 Å². The Morgan fingerprint density at radius 3 is 2.03 bits per heavy atom. The minimum absolute atomic E-state index is 0.232. The zero-order valence-electron chi connectivity index (χ0n) is 18.7. The summed E-state index contributed by atoms with van der Waals surface area (Å²) in [6.45, 7) is 5.15. The average molecular weight is 443 g/mol. The van der Waals surface area contributed by atoms with Crippen LogP contribution >= 0.6 is 0 Å². The van der Waals surface area contributed by atoms with Gasteiger partial charge in [-0.2, -0.15) is 0 Å². The van der Waals surface area contributed by atoms with Crippen LogP contribution in [0.1, 0.15) is 25.8 Å². The number of hydrogen-bond acceptors (Lipinski definition) is 5. The molecule has 0 atom stereocenters. The van der Waals surface area contributed by atoms with Crippen molar-refractivity contribution in [2.24, 2.45) is 0 Å². The smallest absolute Gasteiger partial charge is 0.282 e. The molecule has 1 heterocycles. The second kappa shape index (κ2) is 10.0. The predicted molar refractivity (Wildman–Crippen MR) is 129 cm³/mol. The maximum absolute atomic E-state index is 13.5. The van der Waals surface area contributed by atoms with E-state index in [-0.39, 0.29) is 11.6 Å². The van der Waals surface area contributed by atoms with Gasteiger partial charge in [-0.15, -0.1) is 0 Å². The van der Waals surface area contributed by atoms with E-state index in [0.717, 1.165) is 17.9 Å². The molecule has 2 amide bonds. The number of imide groups is 1. The number of carbonyl (C=O) groups excluding carboxylic acids is 2. The maximum atomic E-state index is 13.5. The van der Waals surface area contributed by atoms with E-state index in [9.17, 15) is 9.59 Å². The Morgan fingerprint density at radius 2 is 1.39 bits per heavy atom. The minimum atomic E-state index is -0.401. The van der Waals surface area contributed by atoms with Gasteiger partial charge in [0.15, 0.2) is 0 Å². The van der Waals surface area contributed by atoms with Crippen molar-refractivity contribution in [2.75, 3.05) is 23.4 Å². The minimum Gasteiger partial charge on any atom is -0.494 e. The van der Waals surface area contributed by atoms with Gasteiger partial charge in [-0.05, 0) is 67.4 Å². The Kier molecular flexibility index (Phi) is 6.74. The van der Waals surface area contributed by atoms with Gasteiger partial charge in [-0.3, -0.25) is 9.59 Å². The molecule has 1 aliphatic rings. The molecule has 0 fully saturated rings. The van der Waals surface area contributed by atoms with E-state index in [0.29, 0.717) is 35.7 Å². The highest BCUT2D eigenvalue weighted by Gasteiger charge is 2.40. The van der Waals surface area contributed by atoms with Gasteiger partial charge in [0, 0.05) is 5.69 Å². The van der Waals surface area contributed by atoms with Crippen LogP contribution < -0.4 is 19.7 Å². The molecule has 0 bridgehead atoms. The number of ether oxygens (including phenoxy) is 2. The van der Waals surface area contributed by atoms with E-state index in [1.807, 2.05) is 56.3 Å². The molecule has 33 heavy (non-hydrogen) atoms. The third-order valence-corrected chi connectivity index (χ3v) is 5.15. The lowest BCUT2D eigenvalue weighted by Crippen LogP contribution is -2.32. The zero-order valence-corrected chi connectivity index (χ0v) is 18.7. The number of rotatable bonds is 9. The Labute approximate surface area is 193 Å². The normalized spacial score (nSPS) is 13.5. The first-order valence-electron chi connectivity index (χ1n) is 11.0. The highest BCUT2D eigenvalue weighted by Crippen LogP contribution is 2.34. The maximum Gasteiger partial charge on any atom is 0.282 e. The lowest BCUT2D eigenvalue weighted by Gasteiger charge is -2.15. The van der Waals surface area contributed by atoms with Crippen LogP contribution in [0.25, 0.3) is 5.57 Å². The van der Waals surface area contributed by atoms with Crippen molar-refractivity contribution in [3.8, 4) is 11.5 Å². The van der Waals surface area contributed by atoms with Crippen molar-refractivity contribution in [3.63, 3.8) is 0 Å². The van der Waals surface area contributed by atoms with E-state index < -0.39 is 5.91 Å². The van der Waals surface area contributed by atoms with Crippen molar-refractivity contribution < 1.29 is 19.1 Å². The Morgan fingerprint density at radius 1 is 0.758 bits per heavy atom. The van der Waals surface area contributed by atoms with Crippen LogP contribution in [0.3, 0.4) is 0 Å². The average Bonchev–Trinajstić information content (AvgIpc) is 3.09. The summed E-state index contributed by atoms with van der Waals surface area (Å²) in [5.41, 5.74) is 2.40. The Balaban J connectivity index is 1.71. The lowest BCUT2D eigenvalue weighted by molar-refractivity contribution is -0.120. The van der Waals surface area contributed by atoms with Crippen molar-refractivity contribution in [2.45, 2.75) is 20.3 Å². The second-order valence-corrected chi connectivity index (χ2v) is 7.49. The summed E-state index contributed by atoms with van der Waals surface area (Å²) < 4.78 is 11.2. The van der Waals surface area contributed by atoms with Gasteiger partial charge in [0.1, 0.15) is 17.2 Å². The summed E-state index contributed by atoms with van der Waals surface area (Å²) in [7, 11) is 0. The molecule has 0 spiro atoms. The topological polar surface area (TPSA) is 67.9 Å². The highest BCUT2D eigenvalue weighted by atomic mass is 16.5. The third-order valence-electron chi connectivity index (χ3n) is 5.15. The van der Waals surface area contributed by atoms with E-state index in [1.165, 1.54) is 4.90 Å². The van der Waals surface area contributed by atoms with Gasteiger partial charge in [0.2, 0.25) is 0 Å². The highest BCUT2D eigenvalue weighted by molar-refractivity contribution is 6.46. The molecule has 1 N–H and O–H groups in total. The molecular weight excluding hydrogens is 416 g/mol. The van der Waals surface area contributed by atoms with Gasteiger partial charge < -0.3 is 14.8 Å². The number of benzene rings is 3. The van der Waals surface area contributed by atoms with Crippen molar-refractivity contribution in [3.05, 3.63) is 90.1 Å². The van der Waals surface area contributed by atoms with Crippen LogP contribution in [0, 0.1) is 0 Å². The summed E-state index contributed by atoms with van der Waals surface area (Å²) in [5.74, 6) is 0.682. The number of nitrogens with zero attached hydrogens (tertiary/aromatic N) is 1. The van der Waals surface area contributed by atoms with Crippen LogP contribution in [0.2, 0.25) is 0 Å². The number of para-hydroxylation sites is 1. The number of nitrogens with one attached hydrogen (secondary N) is 1. The molecule has 0 unspecified atom stereocenters. The van der Waals surface area contributed by atoms with Crippen LogP contribution in [-0.2, 0) is 9.59 Å². The quantitative estimate of drug-likeness (QED) is 0.457. The van der Waals surface area contributed by atoms with Gasteiger partial charge in [0.25, 0.3) is 11.8 Å². The largest absolute Gasteiger partial charge is 0.494 e. The summed E-state index contributed by atoms with van der Waals surface area (Å²) in [5, 5.41) is 3.17. The zero-order chi connectivity index (χ0) is 23.2. The summed E-state index contributed by atoms with van der Waals surface area (Å²) in [4.78, 5) is 28.1. The van der Waals surface area contributed by atoms with E-state index in [4.69, 9.17) is 9.47 Å². The van der Waals surface area contributed by atoms with Gasteiger partial charge >= 0.3 is 0 Å². The molecule has 3 aromatic carbocycles. The van der Waals surface area contributed by atoms with Crippen molar-refractivity contribution in [1.82, 2.24) is 0 Å². The summed E-state index contributed by atoms with van der Waals surface area (Å²) in [6.07, 6.45) is 0.905. The molecule has 6 heteroatoms. The molecule has 4 rings (SSSR count). The Bertz CT molecular complexity index is 1150. The molecule has 0 saturated heterocycles. The molecule has 3 aromatic rings. The van der Waals surface area contributed by atoms with Gasteiger partial charge in [-0.25, -0.2) is 4.90 Å². The molecule has 0 radical (unpaired) electrons. The standard InChI is InChI=1S/C27H26N2O4/c1-3-18-33-23-14-10-19(11-15-23)24-25(28-20-12-16-22(17-13-20)32-4-2)27(31)29(26(24)30)21-8-6-5-7-9-21/h5-17,28H,3-4,18H2,1-2H3. The summed E-state index contributed by atoms with van der Waals surface area (Å²) in [6, 6.07) is 23.5. The molecule has 0 aromatic heterocycles. The monoisotopic (exact) mass is 442 g/mol. The fourth-order valence-electron chi connectivity index (χ4n) is 3.61. The first-order valence-corrected chi connectivity index (χ1v) is 11.0. The van der Waals surface area contributed by atoms with Crippen LogP contribution in [-0.4, -0.2) is 25.0 Å². The number of anilines is 2. The molecule has 1 aliphatic heterocycles. The van der Waals surface area contributed by atoms with Crippen molar-refractivity contribution >= 4 is 28.8 Å². The lowest BCUT2D eigenvalue weighted by atomic mass is 10.0. The summed E-state index contributed by atoms with van der Waals surface area (Å²) >= 11 is 0. The van der Waals surface area contributed by atoms with Crippen LogP contribution in [0.15, 0.2) is 84.6 Å². The first-order chi connectivity index (χ1) is 16.1. The van der Waals surface area contributed by atoms with Crippen molar-refractivity contribution in [1.29, 1.82) is 0 Å². The number of carbonyl (C=O) groups is 2. The second-order valence-electron chi connectivity index (χ2n) is 7.49. The predicted octanol–water partition coefficient (Wildman–Crippen LogP) is 5.27. The SMILES string of the molecule is CCCOc1ccc(C2=C(Nc3ccc(OCC)cc3)C(=O)N(c3ccccc3)C2=O)cc1. The molecule has 6 nitrogen and oxygen atoms in total. The van der Waals surface area contributed by atoms with E-state index >= 15 is 0 Å². The van der Waals surface area contributed by atoms with Gasteiger partial charge in [0.05, 0.1) is 24.5 Å². The molecular formula is C27H26N2O4.